The average Bonchev–Trinajstić information content (AvgIpc) is 3.25. The normalized spacial score (nSPS) is 15.2. The predicted octanol–water partition coefficient (Wildman–Crippen LogP) is 5.61. The Labute approximate surface area is 187 Å². The molecule has 0 unspecified atom stereocenters. The summed E-state index contributed by atoms with van der Waals surface area (Å²) >= 11 is 1.39. The molecule has 0 aliphatic carbocycles. The van der Waals surface area contributed by atoms with E-state index in [1.165, 1.54) is 16.9 Å². The lowest BCUT2D eigenvalue weighted by molar-refractivity contribution is -0.121. The van der Waals surface area contributed by atoms with E-state index in [-0.39, 0.29) is 17.2 Å². The Balaban J connectivity index is 1.54. The minimum atomic E-state index is -0.563. The number of thiazole rings is 1. The van der Waals surface area contributed by atoms with E-state index in [0.29, 0.717) is 10.7 Å². The van der Waals surface area contributed by atoms with Crippen LogP contribution in [0.5, 0.6) is 0 Å². The molecule has 5 nitrogen and oxygen atoms in total. The molecule has 1 N–H and O–H groups in total. The summed E-state index contributed by atoms with van der Waals surface area (Å²) in [5.41, 5.74) is 4.91. The minimum Gasteiger partial charge on any atom is -0.314 e. The van der Waals surface area contributed by atoms with Crippen LogP contribution >= 0.6 is 11.3 Å². The van der Waals surface area contributed by atoms with Crippen LogP contribution in [0.15, 0.2) is 47.8 Å². The lowest BCUT2D eigenvalue weighted by Gasteiger charge is -2.18. The molecule has 4 rings (SSSR count). The molecule has 0 bridgehead atoms. The maximum absolute atomic E-state index is 12.6. The molecule has 3 aromatic rings. The Bertz CT molecular complexity index is 1170. The molecular formula is C25H27N3O2S. The Morgan fingerprint density at radius 3 is 2.42 bits per heavy atom. The van der Waals surface area contributed by atoms with E-state index >= 15 is 0 Å². The van der Waals surface area contributed by atoms with E-state index in [1.54, 1.807) is 11.9 Å². The molecule has 0 spiro atoms. The van der Waals surface area contributed by atoms with Gasteiger partial charge in [0.25, 0.3) is 5.91 Å². The second kappa shape index (κ2) is 7.31. The first-order chi connectivity index (χ1) is 14.5. The van der Waals surface area contributed by atoms with Crippen molar-refractivity contribution < 1.29 is 9.59 Å². The average molecular weight is 434 g/mol. The summed E-state index contributed by atoms with van der Waals surface area (Å²) < 4.78 is 0. The summed E-state index contributed by atoms with van der Waals surface area (Å²) in [5, 5.41) is 5.37. The highest BCUT2D eigenvalue weighted by Gasteiger charge is 2.42. The quantitative estimate of drug-likeness (QED) is 0.584. The van der Waals surface area contributed by atoms with Crippen molar-refractivity contribution in [2.45, 2.75) is 45.4 Å². The van der Waals surface area contributed by atoms with Gasteiger partial charge in [-0.2, -0.15) is 0 Å². The van der Waals surface area contributed by atoms with Crippen molar-refractivity contribution in [2.24, 2.45) is 0 Å². The van der Waals surface area contributed by atoms with Gasteiger partial charge in [-0.05, 0) is 54.7 Å². The standard InChI is InChI=1S/C25H27N3O2S/c1-24(2,3)17-10-7-15(8-11-17)21(29)27-23-26-19(14-31-23)16-9-12-20-18(13-16)25(4,5)22(30)28(20)6/h7-14H,1-6H3,(H,26,27,29). The number of amides is 2. The molecule has 0 fully saturated rings. The third kappa shape index (κ3) is 3.76. The number of nitrogens with zero attached hydrogens (tertiary/aromatic N) is 2. The smallest absolute Gasteiger partial charge is 0.257 e. The van der Waals surface area contributed by atoms with E-state index in [2.05, 4.69) is 31.1 Å². The Kier molecular flexibility index (Phi) is 5.01. The van der Waals surface area contributed by atoms with Crippen LogP contribution in [0, 0.1) is 0 Å². The Morgan fingerprint density at radius 2 is 1.77 bits per heavy atom. The highest BCUT2D eigenvalue weighted by Crippen LogP contribution is 2.42. The van der Waals surface area contributed by atoms with E-state index < -0.39 is 5.41 Å². The van der Waals surface area contributed by atoms with Crippen LogP contribution in [-0.4, -0.2) is 23.8 Å². The Hall–Kier alpha value is -2.99. The van der Waals surface area contributed by atoms with Gasteiger partial charge < -0.3 is 4.90 Å². The van der Waals surface area contributed by atoms with Gasteiger partial charge in [0, 0.05) is 29.2 Å². The van der Waals surface area contributed by atoms with E-state index in [0.717, 1.165) is 22.5 Å². The number of benzene rings is 2. The van der Waals surface area contributed by atoms with Crippen molar-refractivity contribution in [2.75, 3.05) is 17.3 Å². The van der Waals surface area contributed by atoms with Crippen LogP contribution in [0.4, 0.5) is 10.8 Å². The number of hydrogen-bond acceptors (Lipinski definition) is 4. The van der Waals surface area contributed by atoms with Crippen molar-refractivity contribution in [1.82, 2.24) is 4.98 Å². The number of rotatable bonds is 3. The predicted molar refractivity (Wildman–Crippen MR) is 127 cm³/mol. The molecule has 1 aliphatic rings. The van der Waals surface area contributed by atoms with Crippen LogP contribution in [-0.2, 0) is 15.6 Å². The van der Waals surface area contributed by atoms with Crippen LogP contribution in [0.25, 0.3) is 11.3 Å². The van der Waals surface area contributed by atoms with Crippen molar-refractivity contribution in [1.29, 1.82) is 0 Å². The molecule has 1 aliphatic heterocycles. The maximum atomic E-state index is 12.6. The number of aromatic nitrogens is 1. The molecule has 31 heavy (non-hydrogen) atoms. The molecule has 1 aromatic heterocycles. The molecule has 160 valence electrons. The van der Waals surface area contributed by atoms with Crippen LogP contribution in [0.1, 0.15) is 56.1 Å². The monoisotopic (exact) mass is 433 g/mol. The van der Waals surface area contributed by atoms with Crippen LogP contribution in [0.3, 0.4) is 0 Å². The fourth-order valence-corrected chi connectivity index (χ4v) is 4.60. The second-order valence-electron chi connectivity index (χ2n) is 9.54. The summed E-state index contributed by atoms with van der Waals surface area (Å²) in [6, 6.07) is 13.6. The summed E-state index contributed by atoms with van der Waals surface area (Å²) in [4.78, 5) is 31.5. The maximum Gasteiger partial charge on any atom is 0.257 e. The molecule has 0 radical (unpaired) electrons. The molecule has 0 saturated heterocycles. The number of nitrogens with one attached hydrogen (secondary N) is 1. The number of carbonyl (C=O) groups excluding carboxylic acids is 2. The minimum absolute atomic E-state index is 0.0447. The summed E-state index contributed by atoms with van der Waals surface area (Å²) in [6.07, 6.45) is 0. The first-order valence-corrected chi connectivity index (χ1v) is 11.2. The summed E-state index contributed by atoms with van der Waals surface area (Å²) in [7, 11) is 1.81. The van der Waals surface area contributed by atoms with Gasteiger partial charge in [-0.25, -0.2) is 4.98 Å². The van der Waals surface area contributed by atoms with Crippen LogP contribution < -0.4 is 10.2 Å². The fraction of sp³-hybridized carbons (Fsp3) is 0.320. The van der Waals surface area contributed by atoms with E-state index in [4.69, 9.17) is 0 Å². The highest BCUT2D eigenvalue weighted by molar-refractivity contribution is 7.14. The number of fused-ring (bicyclic) bond motifs is 1. The molecule has 2 aromatic carbocycles. The van der Waals surface area contributed by atoms with Gasteiger partial charge in [0.05, 0.1) is 11.1 Å². The third-order valence-corrected chi connectivity index (χ3v) is 6.66. The topological polar surface area (TPSA) is 62.3 Å². The lowest BCUT2D eigenvalue weighted by Crippen LogP contribution is -2.33. The zero-order chi connectivity index (χ0) is 22.6. The fourth-order valence-electron chi connectivity index (χ4n) is 3.89. The van der Waals surface area contributed by atoms with Crippen molar-refractivity contribution >= 4 is 34.0 Å². The highest BCUT2D eigenvalue weighted by atomic mass is 32.1. The van der Waals surface area contributed by atoms with Crippen molar-refractivity contribution in [3.8, 4) is 11.3 Å². The van der Waals surface area contributed by atoms with Gasteiger partial charge in [0.15, 0.2) is 5.13 Å². The first kappa shape index (κ1) is 21.2. The number of carbonyl (C=O) groups is 2. The van der Waals surface area contributed by atoms with Gasteiger partial charge in [0.1, 0.15) is 0 Å². The largest absolute Gasteiger partial charge is 0.314 e. The first-order valence-electron chi connectivity index (χ1n) is 10.3. The summed E-state index contributed by atoms with van der Waals surface area (Å²) in [6.45, 7) is 10.3. The van der Waals surface area contributed by atoms with Crippen molar-refractivity contribution in [3.63, 3.8) is 0 Å². The van der Waals surface area contributed by atoms with Gasteiger partial charge in [0.2, 0.25) is 5.91 Å². The molecule has 0 atom stereocenters. The van der Waals surface area contributed by atoms with Gasteiger partial charge >= 0.3 is 0 Å². The molecular weight excluding hydrogens is 406 g/mol. The number of likely N-dealkylation sites (N-methyl/N-ethyl adjacent to an activating group) is 1. The van der Waals surface area contributed by atoms with E-state index in [9.17, 15) is 9.59 Å². The lowest BCUT2D eigenvalue weighted by atomic mass is 9.85. The number of anilines is 2. The number of hydrogen-bond donors (Lipinski definition) is 1. The van der Waals surface area contributed by atoms with Crippen LogP contribution in [0.2, 0.25) is 0 Å². The zero-order valence-electron chi connectivity index (χ0n) is 18.7. The zero-order valence-corrected chi connectivity index (χ0v) is 19.6. The summed E-state index contributed by atoms with van der Waals surface area (Å²) in [5.74, 6) is -0.0907. The third-order valence-electron chi connectivity index (χ3n) is 5.90. The SMILES string of the molecule is CN1C(=O)C(C)(C)c2cc(-c3csc(NC(=O)c4ccc(C(C)(C)C)cc4)n3)ccc21. The van der Waals surface area contributed by atoms with E-state index in [1.807, 2.05) is 61.7 Å². The Morgan fingerprint density at radius 1 is 1.10 bits per heavy atom. The van der Waals surface area contributed by atoms with Crippen molar-refractivity contribution in [3.05, 3.63) is 64.5 Å². The molecule has 6 heteroatoms. The molecule has 2 heterocycles. The molecule has 2 amide bonds. The molecule has 0 saturated carbocycles. The second-order valence-corrected chi connectivity index (χ2v) is 10.4. The van der Waals surface area contributed by atoms with Gasteiger partial charge in [-0.15, -0.1) is 11.3 Å². The van der Waals surface area contributed by atoms with Gasteiger partial charge in [-0.1, -0.05) is 39.0 Å². The van der Waals surface area contributed by atoms with Gasteiger partial charge in [-0.3, -0.25) is 14.9 Å².